The number of halogens is 9. The topological polar surface area (TPSA) is 84.8 Å². The van der Waals surface area contributed by atoms with Gasteiger partial charge < -0.3 is 9.47 Å². The van der Waals surface area contributed by atoms with Crippen molar-refractivity contribution in [2.45, 2.75) is 37.3 Å². The standard InChI is InChI=1S/C56H34F9N7O2/c1-31(54(57,58)59)40-25-34(29-46-50(40)38-11-2-4-13-42(38)70(46)48-15-6-8-21-66-48)73-32-17-19-36-37-20-18-33(28-45(37)72(44(36)27-32)53-68-23-10-24-69-53)74-35-26-41(52(55(60,61)62)56(63,64)65)51-39-12-3-5-14-43(39)71(47(51)30-35)49-16-7-9-22-67-49/h2-31,52H,1H3. The molecule has 6 heterocycles. The van der Waals surface area contributed by atoms with Crippen molar-refractivity contribution in [3.8, 4) is 40.6 Å². The molecule has 18 heteroatoms. The van der Waals surface area contributed by atoms with E-state index in [1.54, 1.807) is 125 Å². The van der Waals surface area contributed by atoms with E-state index in [9.17, 15) is 39.5 Å². The first-order valence-corrected chi connectivity index (χ1v) is 22.9. The molecule has 0 amide bonds. The highest BCUT2D eigenvalue weighted by Gasteiger charge is 2.58. The van der Waals surface area contributed by atoms with Gasteiger partial charge in [0.2, 0.25) is 5.95 Å². The summed E-state index contributed by atoms with van der Waals surface area (Å²) in [6.07, 6.45) is -10.0. The number of nitrogens with zero attached hydrogens (tertiary/aromatic N) is 7. The summed E-state index contributed by atoms with van der Waals surface area (Å²) in [5, 5.41) is 2.14. The van der Waals surface area contributed by atoms with Crippen LogP contribution in [0.15, 0.2) is 176 Å². The van der Waals surface area contributed by atoms with E-state index in [1.807, 2.05) is 6.07 Å². The van der Waals surface area contributed by atoms with E-state index in [0.717, 1.165) is 13.0 Å². The maximum Gasteiger partial charge on any atom is 0.404 e. The smallest absolute Gasteiger partial charge is 0.404 e. The minimum atomic E-state index is -5.74. The van der Waals surface area contributed by atoms with Crippen LogP contribution in [0.25, 0.3) is 83.0 Å². The molecule has 0 N–H and O–H groups in total. The molecule has 0 aliphatic heterocycles. The van der Waals surface area contributed by atoms with E-state index in [4.69, 9.17) is 9.47 Å². The van der Waals surface area contributed by atoms with Crippen LogP contribution in [-0.2, 0) is 0 Å². The Morgan fingerprint density at radius 1 is 0.378 bits per heavy atom. The molecule has 12 rings (SSSR count). The number of para-hydroxylation sites is 2. The summed E-state index contributed by atoms with van der Waals surface area (Å²) in [4.78, 5) is 17.9. The number of pyridine rings is 2. The first kappa shape index (κ1) is 46.2. The van der Waals surface area contributed by atoms with Gasteiger partial charge in [-0.05, 0) is 96.9 Å². The fourth-order valence-corrected chi connectivity index (χ4v) is 10.1. The fraction of sp³-hybridized carbons (Fsp3) is 0.107. The van der Waals surface area contributed by atoms with Crippen LogP contribution in [0.2, 0.25) is 0 Å². The minimum Gasteiger partial charge on any atom is -0.457 e. The van der Waals surface area contributed by atoms with Crippen molar-refractivity contribution in [1.82, 2.24) is 33.6 Å². The molecule has 368 valence electrons. The summed E-state index contributed by atoms with van der Waals surface area (Å²) in [7, 11) is 0. The summed E-state index contributed by atoms with van der Waals surface area (Å²) in [6.45, 7) is 1.11. The molecular formula is C56H34F9N7O2. The van der Waals surface area contributed by atoms with Gasteiger partial charge in [0, 0.05) is 81.4 Å². The Kier molecular flexibility index (Phi) is 10.7. The predicted octanol–water partition coefficient (Wildman–Crippen LogP) is 16.0. The molecule has 0 bridgehead atoms. The van der Waals surface area contributed by atoms with Gasteiger partial charge in [-0.3, -0.25) is 13.7 Å². The lowest BCUT2D eigenvalue weighted by Gasteiger charge is -2.25. The number of fused-ring (bicyclic) bond motifs is 9. The maximum atomic E-state index is 14.8. The summed E-state index contributed by atoms with van der Waals surface area (Å²) < 4.78 is 151. The molecule has 6 aromatic heterocycles. The van der Waals surface area contributed by atoms with Crippen LogP contribution in [0.4, 0.5) is 39.5 Å². The Morgan fingerprint density at radius 2 is 0.811 bits per heavy atom. The zero-order chi connectivity index (χ0) is 51.3. The first-order valence-electron chi connectivity index (χ1n) is 22.9. The number of aromatic nitrogens is 7. The molecule has 12 aromatic rings. The second-order valence-electron chi connectivity index (χ2n) is 17.6. The highest BCUT2D eigenvalue weighted by molar-refractivity contribution is 6.13. The Morgan fingerprint density at radius 3 is 1.27 bits per heavy atom. The van der Waals surface area contributed by atoms with Crippen LogP contribution in [-0.4, -0.2) is 52.2 Å². The third-order valence-corrected chi connectivity index (χ3v) is 13.2. The van der Waals surface area contributed by atoms with Crippen LogP contribution in [0, 0.1) is 0 Å². The van der Waals surface area contributed by atoms with Crippen LogP contribution in [0.3, 0.4) is 0 Å². The third kappa shape index (κ3) is 7.75. The number of ether oxygens (including phenoxy) is 2. The third-order valence-electron chi connectivity index (χ3n) is 13.2. The number of alkyl halides is 9. The maximum absolute atomic E-state index is 14.8. The Bertz CT molecular complexity index is 4120. The summed E-state index contributed by atoms with van der Waals surface area (Å²) in [5.74, 6) is -4.82. The van der Waals surface area contributed by atoms with E-state index in [1.165, 1.54) is 53.5 Å². The van der Waals surface area contributed by atoms with Crippen LogP contribution in [0.5, 0.6) is 23.0 Å². The molecule has 0 aliphatic rings. The average Bonchev–Trinajstić information content (AvgIpc) is 4.01. The molecule has 0 aliphatic carbocycles. The van der Waals surface area contributed by atoms with Gasteiger partial charge in [-0.2, -0.15) is 39.5 Å². The number of rotatable bonds is 9. The molecule has 1 atom stereocenters. The number of hydrogen-bond acceptors (Lipinski definition) is 6. The van der Waals surface area contributed by atoms with E-state index in [0.29, 0.717) is 54.9 Å². The van der Waals surface area contributed by atoms with Gasteiger partial charge in [0.05, 0.1) is 39.0 Å². The van der Waals surface area contributed by atoms with Crippen LogP contribution >= 0.6 is 0 Å². The molecule has 6 aromatic carbocycles. The van der Waals surface area contributed by atoms with Crippen molar-refractivity contribution >= 4 is 65.4 Å². The van der Waals surface area contributed by atoms with Gasteiger partial charge in [0.15, 0.2) is 5.92 Å². The molecule has 9 nitrogen and oxygen atoms in total. The highest BCUT2D eigenvalue weighted by Crippen LogP contribution is 2.52. The summed E-state index contributed by atoms with van der Waals surface area (Å²) in [5.41, 5.74) is 1.25. The molecule has 1 unspecified atom stereocenters. The highest BCUT2D eigenvalue weighted by atomic mass is 19.4. The lowest BCUT2D eigenvalue weighted by Crippen LogP contribution is -2.34. The SMILES string of the molecule is CC(c1cc(Oc2ccc3c4ccc(Oc5cc(C(C(F)(F)F)C(F)(F)F)c6c7ccccc7n(-c7ccccn7)c6c5)cc4n(-c4ncccn4)c3c2)cc2c1c1ccccc1n2-c1ccccn1)C(F)(F)F. The molecule has 74 heavy (non-hydrogen) atoms. The van der Waals surface area contributed by atoms with E-state index in [2.05, 4.69) is 19.9 Å². The zero-order valence-electron chi connectivity index (χ0n) is 38.2. The van der Waals surface area contributed by atoms with Crippen molar-refractivity contribution in [3.05, 3.63) is 188 Å². The lowest BCUT2D eigenvalue weighted by atomic mass is 9.92. The van der Waals surface area contributed by atoms with Gasteiger partial charge in [-0.1, -0.05) is 48.5 Å². The van der Waals surface area contributed by atoms with Gasteiger partial charge in [-0.15, -0.1) is 0 Å². The van der Waals surface area contributed by atoms with E-state index in [-0.39, 0.29) is 56.6 Å². The molecule has 0 saturated heterocycles. The number of benzene rings is 6. The summed E-state index contributed by atoms with van der Waals surface area (Å²) in [6, 6.07) is 40.2. The molecule has 0 saturated carbocycles. The van der Waals surface area contributed by atoms with Gasteiger partial charge in [0.25, 0.3) is 0 Å². The lowest BCUT2D eigenvalue weighted by molar-refractivity contribution is -0.253. The second-order valence-corrected chi connectivity index (χ2v) is 17.6. The Hall–Kier alpha value is -8.93. The fourth-order valence-electron chi connectivity index (χ4n) is 10.1. The van der Waals surface area contributed by atoms with Crippen molar-refractivity contribution in [2.75, 3.05) is 0 Å². The van der Waals surface area contributed by atoms with Crippen molar-refractivity contribution in [1.29, 1.82) is 0 Å². The van der Waals surface area contributed by atoms with Crippen LogP contribution < -0.4 is 9.47 Å². The largest absolute Gasteiger partial charge is 0.457 e. The normalized spacial score (nSPS) is 13.1. The number of hydrogen-bond donors (Lipinski definition) is 0. The summed E-state index contributed by atoms with van der Waals surface area (Å²) >= 11 is 0. The zero-order valence-corrected chi connectivity index (χ0v) is 38.2. The molecular weight excluding hydrogens is 974 g/mol. The predicted molar refractivity (Wildman–Crippen MR) is 263 cm³/mol. The van der Waals surface area contributed by atoms with E-state index < -0.39 is 35.9 Å². The quantitative estimate of drug-likeness (QED) is 0.134. The first-order chi connectivity index (χ1) is 35.5. The van der Waals surface area contributed by atoms with Crippen LogP contribution in [0.1, 0.15) is 29.9 Å². The van der Waals surface area contributed by atoms with Gasteiger partial charge >= 0.3 is 18.5 Å². The van der Waals surface area contributed by atoms with Crippen molar-refractivity contribution in [3.63, 3.8) is 0 Å². The Labute approximate surface area is 412 Å². The second kappa shape index (κ2) is 17.1. The Balaban J connectivity index is 1.02. The molecule has 0 radical (unpaired) electrons. The molecule has 0 fully saturated rings. The van der Waals surface area contributed by atoms with Crippen molar-refractivity contribution < 1.29 is 49.0 Å². The average molecular weight is 1010 g/mol. The van der Waals surface area contributed by atoms with Gasteiger partial charge in [0.1, 0.15) is 34.6 Å². The minimum absolute atomic E-state index is 0.00589. The van der Waals surface area contributed by atoms with E-state index >= 15 is 0 Å². The monoisotopic (exact) mass is 1010 g/mol. The van der Waals surface area contributed by atoms with Crippen molar-refractivity contribution in [2.24, 2.45) is 0 Å². The van der Waals surface area contributed by atoms with Gasteiger partial charge in [-0.25, -0.2) is 19.9 Å². The molecule has 0 spiro atoms.